The molecule has 0 aliphatic rings. The highest BCUT2D eigenvalue weighted by Gasteiger charge is 2.09. The molecule has 0 spiro atoms. The summed E-state index contributed by atoms with van der Waals surface area (Å²) in [6, 6.07) is 5.74. The van der Waals surface area contributed by atoms with Crippen LogP contribution in [0.2, 0.25) is 0 Å². The second kappa shape index (κ2) is 7.77. The van der Waals surface area contributed by atoms with E-state index in [9.17, 15) is 4.79 Å². The minimum atomic E-state index is -0.0625. The Balaban J connectivity index is 2.09. The van der Waals surface area contributed by atoms with Crippen molar-refractivity contribution in [3.8, 4) is 17.0 Å². The number of thiazole rings is 1. The smallest absolute Gasteiger partial charge is 0.226 e. The van der Waals surface area contributed by atoms with E-state index >= 15 is 0 Å². The van der Waals surface area contributed by atoms with Gasteiger partial charge in [-0.15, -0.1) is 22.9 Å². The third-order valence-electron chi connectivity index (χ3n) is 2.74. The molecule has 0 unspecified atom stereocenters. The maximum absolute atomic E-state index is 11.6. The lowest BCUT2D eigenvalue weighted by molar-refractivity contribution is -0.116. The SMILES string of the molecule is COc1ccc(-c2csc(NC(=O)CCCCl)n2)cc1Br. The highest BCUT2D eigenvalue weighted by Crippen LogP contribution is 2.32. The fourth-order valence-electron chi connectivity index (χ4n) is 1.70. The number of carbonyl (C=O) groups excluding carboxylic acids is 1. The molecular formula is C14H14BrClN2O2S. The highest BCUT2D eigenvalue weighted by molar-refractivity contribution is 9.10. The van der Waals surface area contributed by atoms with Crippen molar-refractivity contribution in [2.45, 2.75) is 12.8 Å². The number of methoxy groups -OCH3 is 1. The van der Waals surface area contributed by atoms with Crippen LogP contribution in [0.5, 0.6) is 5.75 Å². The molecule has 1 amide bonds. The normalized spacial score (nSPS) is 10.4. The Morgan fingerprint density at radius 3 is 3.00 bits per heavy atom. The number of nitrogens with zero attached hydrogens (tertiary/aromatic N) is 1. The Hall–Kier alpha value is -1.11. The molecule has 0 atom stereocenters. The highest BCUT2D eigenvalue weighted by atomic mass is 79.9. The van der Waals surface area contributed by atoms with Crippen LogP contribution in [-0.2, 0) is 4.79 Å². The maximum Gasteiger partial charge on any atom is 0.226 e. The molecule has 1 aromatic carbocycles. The number of anilines is 1. The van der Waals surface area contributed by atoms with Crippen LogP contribution in [0, 0.1) is 0 Å². The van der Waals surface area contributed by atoms with E-state index in [2.05, 4.69) is 26.2 Å². The van der Waals surface area contributed by atoms with Gasteiger partial charge in [0.05, 0.1) is 17.3 Å². The van der Waals surface area contributed by atoms with Gasteiger partial charge in [-0.3, -0.25) is 4.79 Å². The quantitative estimate of drug-likeness (QED) is 0.738. The van der Waals surface area contributed by atoms with Crippen LogP contribution >= 0.6 is 38.9 Å². The molecule has 7 heteroatoms. The van der Waals surface area contributed by atoms with Gasteiger partial charge in [0.15, 0.2) is 5.13 Å². The summed E-state index contributed by atoms with van der Waals surface area (Å²) in [6.07, 6.45) is 1.07. The number of hydrogen-bond donors (Lipinski definition) is 1. The average molecular weight is 390 g/mol. The predicted octanol–water partition coefficient (Wildman–Crippen LogP) is 4.54. The van der Waals surface area contributed by atoms with Gasteiger partial charge in [-0.25, -0.2) is 4.98 Å². The van der Waals surface area contributed by atoms with Gasteiger partial charge in [-0.05, 0) is 40.5 Å². The molecule has 1 N–H and O–H groups in total. The average Bonchev–Trinajstić information content (AvgIpc) is 2.93. The lowest BCUT2D eigenvalue weighted by Crippen LogP contribution is -2.10. The van der Waals surface area contributed by atoms with Gasteiger partial charge < -0.3 is 10.1 Å². The summed E-state index contributed by atoms with van der Waals surface area (Å²) in [5.74, 6) is 1.19. The zero-order valence-electron chi connectivity index (χ0n) is 11.4. The molecule has 1 aromatic heterocycles. The summed E-state index contributed by atoms with van der Waals surface area (Å²) >= 11 is 10.4. The fraction of sp³-hybridized carbons (Fsp3) is 0.286. The van der Waals surface area contributed by atoms with E-state index in [0.29, 0.717) is 23.9 Å². The standard InChI is InChI=1S/C14H14BrClN2O2S/c1-20-12-5-4-9(7-10(12)15)11-8-21-14(17-11)18-13(19)3-2-6-16/h4-5,7-8H,2-3,6H2,1H3,(H,17,18,19). The monoisotopic (exact) mass is 388 g/mol. The summed E-state index contributed by atoms with van der Waals surface area (Å²) in [6.45, 7) is 0. The Labute approximate surface area is 140 Å². The van der Waals surface area contributed by atoms with Crippen molar-refractivity contribution in [1.82, 2.24) is 4.98 Å². The minimum Gasteiger partial charge on any atom is -0.496 e. The molecule has 0 radical (unpaired) electrons. The maximum atomic E-state index is 11.6. The molecule has 0 fully saturated rings. The number of carbonyl (C=O) groups is 1. The van der Waals surface area contributed by atoms with E-state index in [1.54, 1.807) is 7.11 Å². The first-order valence-corrected chi connectivity index (χ1v) is 8.50. The van der Waals surface area contributed by atoms with E-state index in [0.717, 1.165) is 21.5 Å². The van der Waals surface area contributed by atoms with Crippen molar-refractivity contribution < 1.29 is 9.53 Å². The number of benzene rings is 1. The summed E-state index contributed by atoms with van der Waals surface area (Å²) in [5, 5.41) is 5.28. The lowest BCUT2D eigenvalue weighted by Gasteiger charge is -2.04. The lowest BCUT2D eigenvalue weighted by atomic mass is 10.2. The van der Waals surface area contributed by atoms with E-state index in [1.165, 1.54) is 11.3 Å². The Bertz CT molecular complexity index is 633. The fourth-order valence-corrected chi connectivity index (χ4v) is 3.11. The van der Waals surface area contributed by atoms with Crippen LogP contribution in [0.3, 0.4) is 0 Å². The largest absolute Gasteiger partial charge is 0.496 e. The Morgan fingerprint density at radius 1 is 1.52 bits per heavy atom. The first-order chi connectivity index (χ1) is 10.1. The van der Waals surface area contributed by atoms with Gasteiger partial charge in [-0.1, -0.05) is 0 Å². The van der Waals surface area contributed by atoms with E-state index < -0.39 is 0 Å². The topological polar surface area (TPSA) is 51.2 Å². The van der Waals surface area contributed by atoms with Gasteiger partial charge in [0.1, 0.15) is 5.75 Å². The zero-order valence-corrected chi connectivity index (χ0v) is 14.5. The predicted molar refractivity (Wildman–Crippen MR) is 90.4 cm³/mol. The third-order valence-corrected chi connectivity index (χ3v) is 4.38. The van der Waals surface area contributed by atoms with Crippen molar-refractivity contribution >= 4 is 49.9 Å². The molecule has 21 heavy (non-hydrogen) atoms. The van der Waals surface area contributed by atoms with Crippen molar-refractivity contribution in [2.75, 3.05) is 18.3 Å². The molecule has 1 heterocycles. The number of nitrogens with one attached hydrogen (secondary N) is 1. The molecule has 4 nitrogen and oxygen atoms in total. The van der Waals surface area contributed by atoms with Crippen LogP contribution in [0.1, 0.15) is 12.8 Å². The molecule has 0 saturated carbocycles. The Morgan fingerprint density at radius 2 is 2.33 bits per heavy atom. The summed E-state index contributed by atoms with van der Waals surface area (Å²) in [4.78, 5) is 16.0. The number of aromatic nitrogens is 1. The second-order valence-electron chi connectivity index (χ2n) is 4.23. The first-order valence-electron chi connectivity index (χ1n) is 6.29. The second-order valence-corrected chi connectivity index (χ2v) is 6.32. The van der Waals surface area contributed by atoms with E-state index in [1.807, 2.05) is 23.6 Å². The van der Waals surface area contributed by atoms with Crippen molar-refractivity contribution in [1.29, 1.82) is 0 Å². The van der Waals surface area contributed by atoms with Gasteiger partial charge in [0.25, 0.3) is 0 Å². The van der Waals surface area contributed by atoms with Crippen LogP contribution in [0.25, 0.3) is 11.3 Å². The number of ether oxygens (including phenoxy) is 1. The number of rotatable bonds is 6. The minimum absolute atomic E-state index is 0.0625. The molecule has 0 saturated heterocycles. The van der Waals surface area contributed by atoms with Gasteiger partial charge in [0.2, 0.25) is 5.91 Å². The zero-order chi connectivity index (χ0) is 15.2. The number of amides is 1. The summed E-state index contributed by atoms with van der Waals surface area (Å²) in [5.41, 5.74) is 1.77. The third kappa shape index (κ3) is 4.43. The number of alkyl halides is 1. The van der Waals surface area contributed by atoms with Crippen LogP contribution in [0.15, 0.2) is 28.1 Å². The van der Waals surface area contributed by atoms with E-state index in [4.69, 9.17) is 16.3 Å². The van der Waals surface area contributed by atoms with Crippen molar-refractivity contribution in [3.63, 3.8) is 0 Å². The molecule has 2 rings (SSSR count). The first kappa shape index (κ1) is 16.3. The van der Waals surface area contributed by atoms with Crippen molar-refractivity contribution in [2.24, 2.45) is 0 Å². The molecule has 0 aliphatic heterocycles. The van der Waals surface area contributed by atoms with Gasteiger partial charge in [-0.2, -0.15) is 0 Å². The summed E-state index contributed by atoms with van der Waals surface area (Å²) < 4.78 is 6.06. The van der Waals surface area contributed by atoms with Gasteiger partial charge in [0, 0.05) is 23.2 Å². The van der Waals surface area contributed by atoms with Crippen molar-refractivity contribution in [3.05, 3.63) is 28.1 Å². The summed E-state index contributed by atoms with van der Waals surface area (Å²) in [7, 11) is 1.62. The molecule has 0 bridgehead atoms. The molecule has 112 valence electrons. The van der Waals surface area contributed by atoms with Crippen LogP contribution in [0.4, 0.5) is 5.13 Å². The van der Waals surface area contributed by atoms with Gasteiger partial charge >= 0.3 is 0 Å². The van der Waals surface area contributed by atoms with Crippen LogP contribution in [-0.4, -0.2) is 23.9 Å². The van der Waals surface area contributed by atoms with Crippen LogP contribution < -0.4 is 10.1 Å². The molecule has 0 aliphatic carbocycles. The Kier molecular flexibility index (Phi) is 6.02. The van der Waals surface area contributed by atoms with E-state index in [-0.39, 0.29) is 5.91 Å². The number of hydrogen-bond acceptors (Lipinski definition) is 4. The molecule has 2 aromatic rings. The number of halogens is 2. The molecular weight excluding hydrogens is 376 g/mol.